The predicted molar refractivity (Wildman–Crippen MR) is 88.1 cm³/mol. The zero-order valence-corrected chi connectivity index (χ0v) is 13.0. The fourth-order valence-electron chi connectivity index (χ4n) is 1.51. The Hall–Kier alpha value is -1.16. The molecule has 106 valence electrons. The molecule has 1 aromatic rings. The number of benzene rings is 1. The summed E-state index contributed by atoms with van der Waals surface area (Å²) in [4.78, 5) is 4.33. The van der Waals surface area contributed by atoms with Crippen molar-refractivity contribution in [1.82, 2.24) is 0 Å². The molecule has 0 atom stereocenters. The number of aliphatic imine (C=N–C) groups is 1. The van der Waals surface area contributed by atoms with E-state index in [1.165, 1.54) is 11.3 Å². The van der Waals surface area contributed by atoms with Crippen molar-refractivity contribution in [1.29, 1.82) is 0 Å². The number of hydrogen-bond donors (Lipinski definition) is 2. The van der Waals surface area contributed by atoms with Crippen LogP contribution in [0.5, 0.6) is 0 Å². The fraction of sp³-hybridized carbons (Fsp3) is 0.533. The van der Waals surface area contributed by atoms with Crippen LogP contribution in [-0.2, 0) is 0 Å². The lowest BCUT2D eigenvalue weighted by molar-refractivity contribution is 0.749. The van der Waals surface area contributed by atoms with Crippen LogP contribution in [0.1, 0.15) is 25.8 Å². The molecule has 0 saturated carbocycles. The van der Waals surface area contributed by atoms with Gasteiger partial charge < -0.3 is 11.1 Å². The van der Waals surface area contributed by atoms with Gasteiger partial charge in [-0.05, 0) is 42.9 Å². The Morgan fingerprint density at radius 1 is 1.32 bits per heavy atom. The second kappa shape index (κ2) is 8.86. The van der Waals surface area contributed by atoms with Crippen LogP contribution >= 0.6 is 11.8 Å². The number of nitrogens with one attached hydrogen (secondary N) is 1. The first-order chi connectivity index (χ1) is 9.08. The third kappa shape index (κ3) is 7.78. The summed E-state index contributed by atoms with van der Waals surface area (Å²) in [7, 11) is 0. The summed E-state index contributed by atoms with van der Waals surface area (Å²) >= 11 is 1.99. The average Bonchev–Trinajstić information content (AvgIpc) is 2.36. The van der Waals surface area contributed by atoms with E-state index in [0.717, 1.165) is 30.3 Å². The highest BCUT2D eigenvalue weighted by molar-refractivity contribution is 7.99. The molecule has 0 bridgehead atoms. The number of nitrogens with two attached hydrogens (primary N) is 1. The van der Waals surface area contributed by atoms with Crippen LogP contribution in [0, 0.1) is 12.8 Å². The molecule has 0 spiro atoms. The van der Waals surface area contributed by atoms with E-state index in [9.17, 15) is 0 Å². The van der Waals surface area contributed by atoms with Gasteiger partial charge in [0.25, 0.3) is 0 Å². The van der Waals surface area contributed by atoms with Gasteiger partial charge in [-0.15, -0.1) is 0 Å². The van der Waals surface area contributed by atoms with E-state index in [0.29, 0.717) is 5.96 Å². The molecule has 3 N–H and O–H groups in total. The number of rotatable bonds is 7. The van der Waals surface area contributed by atoms with Gasteiger partial charge in [0.1, 0.15) is 0 Å². The molecular formula is C15H25N3S. The van der Waals surface area contributed by atoms with E-state index in [4.69, 9.17) is 5.73 Å². The largest absolute Gasteiger partial charge is 0.370 e. The molecule has 0 unspecified atom stereocenters. The number of anilines is 1. The molecule has 0 saturated heterocycles. The Morgan fingerprint density at radius 3 is 2.63 bits per heavy atom. The third-order valence-electron chi connectivity index (χ3n) is 2.50. The monoisotopic (exact) mass is 279 g/mol. The number of aryl methyl sites for hydroxylation is 1. The van der Waals surface area contributed by atoms with E-state index in [-0.39, 0.29) is 0 Å². The summed E-state index contributed by atoms with van der Waals surface area (Å²) < 4.78 is 0. The topological polar surface area (TPSA) is 50.4 Å². The van der Waals surface area contributed by atoms with Crippen LogP contribution < -0.4 is 11.1 Å². The molecule has 1 aromatic carbocycles. The Balaban J connectivity index is 2.20. The number of nitrogens with zero attached hydrogens (tertiary/aromatic N) is 1. The van der Waals surface area contributed by atoms with E-state index in [1.807, 2.05) is 23.9 Å². The van der Waals surface area contributed by atoms with Gasteiger partial charge in [0.15, 0.2) is 5.96 Å². The van der Waals surface area contributed by atoms with Crippen LogP contribution in [-0.4, -0.2) is 24.0 Å². The first kappa shape index (κ1) is 15.9. The Kier molecular flexibility index (Phi) is 7.41. The van der Waals surface area contributed by atoms with Crippen molar-refractivity contribution in [3.8, 4) is 0 Å². The molecule has 0 fully saturated rings. The number of guanidine groups is 1. The molecular weight excluding hydrogens is 254 g/mol. The molecule has 1 rings (SSSR count). The SMILES string of the molecule is Cc1ccc(NC(N)=NCCCSCC(C)C)cc1. The standard InChI is InChI=1S/C15H25N3S/c1-12(2)11-19-10-4-9-17-15(16)18-14-7-5-13(3)6-8-14/h5-8,12H,4,9-11H2,1-3H3,(H3,16,17,18). The van der Waals surface area contributed by atoms with Gasteiger partial charge in [0.05, 0.1) is 0 Å². The highest BCUT2D eigenvalue weighted by Crippen LogP contribution is 2.09. The van der Waals surface area contributed by atoms with Gasteiger partial charge in [-0.25, -0.2) is 0 Å². The summed E-state index contributed by atoms with van der Waals surface area (Å²) in [6.45, 7) is 7.34. The lowest BCUT2D eigenvalue weighted by atomic mass is 10.2. The first-order valence-corrected chi connectivity index (χ1v) is 7.94. The van der Waals surface area contributed by atoms with Gasteiger partial charge in [0, 0.05) is 12.2 Å². The molecule has 0 aliphatic rings. The van der Waals surface area contributed by atoms with Crippen molar-refractivity contribution in [3.05, 3.63) is 29.8 Å². The maximum absolute atomic E-state index is 5.84. The first-order valence-electron chi connectivity index (χ1n) is 6.79. The maximum atomic E-state index is 5.84. The molecule has 0 radical (unpaired) electrons. The normalized spacial score (nSPS) is 11.9. The van der Waals surface area contributed by atoms with Crippen molar-refractivity contribution in [2.45, 2.75) is 27.2 Å². The fourth-order valence-corrected chi connectivity index (χ4v) is 2.48. The van der Waals surface area contributed by atoms with E-state index in [2.05, 4.69) is 43.2 Å². The van der Waals surface area contributed by atoms with E-state index in [1.54, 1.807) is 0 Å². The third-order valence-corrected chi connectivity index (χ3v) is 3.98. The average molecular weight is 279 g/mol. The number of thioether (sulfide) groups is 1. The quantitative estimate of drug-likeness (QED) is 0.456. The highest BCUT2D eigenvalue weighted by atomic mass is 32.2. The Labute approximate surface area is 121 Å². The molecule has 3 nitrogen and oxygen atoms in total. The van der Waals surface area contributed by atoms with Crippen molar-refractivity contribution >= 4 is 23.4 Å². The number of hydrogen-bond acceptors (Lipinski definition) is 2. The van der Waals surface area contributed by atoms with Crippen molar-refractivity contribution < 1.29 is 0 Å². The summed E-state index contributed by atoms with van der Waals surface area (Å²) in [5, 5.41) is 3.10. The molecule has 0 aliphatic heterocycles. The summed E-state index contributed by atoms with van der Waals surface area (Å²) in [5.74, 6) is 3.64. The minimum atomic E-state index is 0.498. The van der Waals surface area contributed by atoms with Gasteiger partial charge in [0.2, 0.25) is 0 Å². The summed E-state index contributed by atoms with van der Waals surface area (Å²) in [6.07, 6.45) is 1.08. The summed E-state index contributed by atoms with van der Waals surface area (Å²) in [5.41, 5.74) is 8.06. The van der Waals surface area contributed by atoms with Crippen LogP contribution in [0.2, 0.25) is 0 Å². The zero-order valence-electron chi connectivity index (χ0n) is 12.1. The predicted octanol–water partition coefficient (Wildman–Crippen LogP) is 3.50. The lowest BCUT2D eigenvalue weighted by Gasteiger charge is -2.06. The zero-order chi connectivity index (χ0) is 14.1. The van der Waals surface area contributed by atoms with Crippen molar-refractivity contribution in [3.63, 3.8) is 0 Å². The van der Waals surface area contributed by atoms with Gasteiger partial charge >= 0.3 is 0 Å². The maximum Gasteiger partial charge on any atom is 0.193 e. The minimum Gasteiger partial charge on any atom is -0.370 e. The Bertz CT molecular complexity index is 385. The second-order valence-corrected chi connectivity index (χ2v) is 6.23. The molecule has 0 aliphatic carbocycles. The molecule has 19 heavy (non-hydrogen) atoms. The molecule has 0 aromatic heterocycles. The van der Waals surface area contributed by atoms with Crippen LogP contribution in [0.15, 0.2) is 29.3 Å². The summed E-state index contributed by atoms with van der Waals surface area (Å²) in [6, 6.07) is 8.13. The highest BCUT2D eigenvalue weighted by Gasteiger charge is 1.96. The van der Waals surface area contributed by atoms with Crippen LogP contribution in [0.4, 0.5) is 5.69 Å². The Morgan fingerprint density at radius 2 is 2.00 bits per heavy atom. The van der Waals surface area contributed by atoms with E-state index < -0.39 is 0 Å². The van der Waals surface area contributed by atoms with E-state index >= 15 is 0 Å². The molecule has 0 amide bonds. The second-order valence-electron chi connectivity index (χ2n) is 5.08. The van der Waals surface area contributed by atoms with Gasteiger partial charge in [-0.3, -0.25) is 4.99 Å². The molecule has 0 heterocycles. The van der Waals surface area contributed by atoms with Crippen molar-refractivity contribution in [2.75, 3.05) is 23.4 Å². The van der Waals surface area contributed by atoms with Crippen LogP contribution in [0.3, 0.4) is 0 Å². The van der Waals surface area contributed by atoms with Gasteiger partial charge in [-0.1, -0.05) is 31.5 Å². The van der Waals surface area contributed by atoms with Crippen LogP contribution in [0.25, 0.3) is 0 Å². The van der Waals surface area contributed by atoms with Gasteiger partial charge in [-0.2, -0.15) is 11.8 Å². The van der Waals surface area contributed by atoms with Crippen molar-refractivity contribution in [2.24, 2.45) is 16.6 Å². The smallest absolute Gasteiger partial charge is 0.193 e. The minimum absolute atomic E-state index is 0.498. The lowest BCUT2D eigenvalue weighted by Crippen LogP contribution is -2.22. The molecule has 4 heteroatoms.